The Morgan fingerprint density at radius 3 is 1.50 bits per heavy atom. The van der Waals surface area contributed by atoms with Gasteiger partial charge in [-0.1, -0.05) is 0 Å². The summed E-state index contributed by atoms with van der Waals surface area (Å²) in [5.74, 6) is 0. The summed E-state index contributed by atoms with van der Waals surface area (Å²) in [4.78, 5) is 0. The standard InChI is InChI=1S/C13H8Br2.Zr/c14-12-7-3-1-5-10(12)9-11-6-2-4-8-13(11)15;/h1-8H;/q;+2. The second-order valence-electron chi connectivity index (χ2n) is 3.33. The SMILES string of the molecule is Brc1ccccc1[C](=[Zr+2])c1ccccc1Br. The topological polar surface area (TPSA) is 0 Å². The molecular formula is C13H8Br2Zr+2. The van der Waals surface area contributed by atoms with Gasteiger partial charge < -0.3 is 0 Å². The zero-order chi connectivity index (χ0) is 11.5. The van der Waals surface area contributed by atoms with Crippen molar-refractivity contribution >= 4 is 35.1 Å². The van der Waals surface area contributed by atoms with Crippen molar-refractivity contribution in [1.29, 1.82) is 0 Å². The molecule has 0 atom stereocenters. The molecule has 76 valence electrons. The molecule has 0 spiro atoms. The van der Waals surface area contributed by atoms with Crippen molar-refractivity contribution < 1.29 is 24.2 Å². The third kappa shape index (κ3) is 2.69. The molecule has 0 aliphatic rings. The first kappa shape index (κ1) is 12.6. The van der Waals surface area contributed by atoms with Crippen molar-refractivity contribution in [2.24, 2.45) is 0 Å². The predicted molar refractivity (Wildman–Crippen MR) is 71.5 cm³/mol. The van der Waals surface area contributed by atoms with Crippen LogP contribution in [0.2, 0.25) is 0 Å². The van der Waals surface area contributed by atoms with Gasteiger partial charge >= 0.3 is 128 Å². The zero-order valence-corrected chi connectivity index (χ0v) is 14.0. The number of halogens is 2. The molecule has 0 amide bonds. The van der Waals surface area contributed by atoms with Crippen molar-refractivity contribution in [3.05, 3.63) is 68.6 Å². The van der Waals surface area contributed by atoms with Gasteiger partial charge in [-0.05, 0) is 0 Å². The fourth-order valence-corrected chi connectivity index (χ4v) is 4.41. The Hall–Kier alpha value is 0.153. The van der Waals surface area contributed by atoms with Crippen molar-refractivity contribution in [3.8, 4) is 0 Å². The van der Waals surface area contributed by atoms with E-state index >= 15 is 0 Å². The van der Waals surface area contributed by atoms with E-state index in [-0.39, 0.29) is 0 Å². The van der Waals surface area contributed by atoms with Crippen LogP contribution >= 0.6 is 31.9 Å². The van der Waals surface area contributed by atoms with Crippen LogP contribution in [0.25, 0.3) is 0 Å². The van der Waals surface area contributed by atoms with Crippen LogP contribution in [0.1, 0.15) is 11.1 Å². The van der Waals surface area contributed by atoms with Gasteiger partial charge in [-0.2, -0.15) is 0 Å². The predicted octanol–water partition coefficient (Wildman–Crippen LogP) is 4.33. The van der Waals surface area contributed by atoms with Crippen LogP contribution in [0.4, 0.5) is 0 Å². The van der Waals surface area contributed by atoms with Gasteiger partial charge in [-0.25, -0.2) is 0 Å². The van der Waals surface area contributed by atoms with Gasteiger partial charge in [-0.15, -0.1) is 0 Å². The Kier molecular flexibility index (Phi) is 4.46. The zero-order valence-electron chi connectivity index (χ0n) is 8.37. The fraction of sp³-hybridized carbons (Fsp3) is 0. The van der Waals surface area contributed by atoms with Crippen LogP contribution < -0.4 is 0 Å². The Morgan fingerprint density at radius 2 is 1.12 bits per heavy atom. The molecule has 0 radical (unpaired) electrons. The average Bonchev–Trinajstić information content (AvgIpc) is 2.29. The Labute approximate surface area is 127 Å². The minimum atomic E-state index is 1.15. The van der Waals surface area contributed by atoms with E-state index < -0.39 is 0 Å². The summed E-state index contributed by atoms with van der Waals surface area (Å²) in [5.41, 5.74) is 2.54. The van der Waals surface area contributed by atoms with Gasteiger partial charge in [0, 0.05) is 0 Å². The molecule has 0 heterocycles. The molecule has 2 rings (SSSR count). The summed E-state index contributed by atoms with van der Waals surface area (Å²) in [6.45, 7) is 0. The van der Waals surface area contributed by atoms with Crippen molar-refractivity contribution in [2.45, 2.75) is 0 Å². The van der Waals surface area contributed by atoms with E-state index in [0.717, 1.165) is 8.95 Å². The summed E-state index contributed by atoms with van der Waals surface area (Å²) < 4.78 is 3.65. The van der Waals surface area contributed by atoms with Crippen LogP contribution in [-0.2, 0) is 24.2 Å². The molecule has 0 nitrogen and oxygen atoms in total. The quantitative estimate of drug-likeness (QED) is 0.685. The summed E-state index contributed by atoms with van der Waals surface area (Å²) in [6, 6.07) is 16.7. The summed E-state index contributed by atoms with van der Waals surface area (Å²) in [7, 11) is 0. The molecule has 2 aromatic carbocycles. The normalized spacial score (nSPS) is 10.2. The Bertz CT molecular complexity index is 487. The van der Waals surface area contributed by atoms with E-state index in [1.807, 2.05) is 12.1 Å². The fourth-order valence-electron chi connectivity index (χ4n) is 1.47. The first-order valence-electron chi connectivity index (χ1n) is 4.78. The number of benzene rings is 2. The van der Waals surface area contributed by atoms with Crippen molar-refractivity contribution in [3.63, 3.8) is 0 Å². The van der Waals surface area contributed by atoms with E-state index in [1.165, 1.54) is 38.6 Å². The third-order valence-corrected chi connectivity index (χ3v) is 4.99. The molecule has 0 aromatic heterocycles. The van der Waals surface area contributed by atoms with E-state index in [0.29, 0.717) is 0 Å². The number of hydrogen-bond donors (Lipinski definition) is 0. The van der Waals surface area contributed by atoms with Gasteiger partial charge in [0.2, 0.25) is 0 Å². The first-order chi connectivity index (χ1) is 7.70. The first-order valence-corrected chi connectivity index (χ1v) is 7.60. The molecule has 0 fully saturated rings. The van der Waals surface area contributed by atoms with Crippen molar-refractivity contribution in [1.82, 2.24) is 0 Å². The molecule has 0 aliphatic heterocycles. The van der Waals surface area contributed by atoms with Gasteiger partial charge in [0.15, 0.2) is 0 Å². The Balaban J connectivity index is 2.48. The second kappa shape index (κ2) is 5.66. The molecule has 0 saturated carbocycles. The molecule has 3 heteroatoms. The summed E-state index contributed by atoms with van der Waals surface area (Å²) >= 11 is 8.61. The van der Waals surface area contributed by atoms with Crippen LogP contribution in [-0.4, -0.2) is 3.21 Å². The maximum atomic E-state index is 3.60. The van der Waals surface area contributed by atoms with Gasteiger partial charge in [0.25, 0.3) is 0 Å². The van der Waals surface area contributed by atoms with Crippen molar-refractivity contribution in [2.75, 3.05) is 0 Å². The molecule has 16 heavy (non-hydrogen) atoms. The number of rotatable bonds is 2. The molecule has 0 N–H and O–H groups in total. The van der Waals surface area contributed by atoms with Crippen LogP contribution in [0.5, 0.6) is 0 Å². The van der Waals surface area contributed by atoms with Gasteiger partial charge in [0.1, 0.15) is 0 Å². The molecule has 0 aliphatic carbocycles. The monoisotopic (exact) mass is 412 g/mol. The van der Waals surface area contributed by atoms with Crippen LogP contribution in [0.15, 0.2) is 57.5 Å². The molecular weight excluding hydrogens is 407 g/mol. The van der Waals surface area contributed by atoms with Gasteiger partial charge in [-0.3, -0.25) is 0 Å². The average molecular weight is 415 g/mol. The second-order valence-corrected chi connectivity index (χ2v) is 6.27. The minimum absolute atomic E-state index is 1.15. The molecule has 0 unspecified atom stereocenters. The van der Waals surface area contributed by atoms with Gasteiger partial charge in [0.05, 0.1) is 0 Å². The molecule has 0 bridgehead atoms. The van der Waals surface area contributed by atoms with E-state index in [2.05, 4.69) is 68.3 Å². The molecule has 2 aromatic rings. The number of hydrogen-bond acceptors (Lipinski definition) is 0. The van der Waals surface area contributed by atoms with Crippen LogP contribution in [0.3, 0.4) is 0 Å². The third-order valence-electron chi connectivity index (χ3n) is 2.29. The summed E-state index contributed by atoms with van der Waals surface area (Å²) in [6.07, 6.45) is 0. The maximum absolute atomic E-state index is 3.60. The summed E-state index contributed by atoms with van der Waals surface area (Å²) in [5, 5.41) is 0. The van der Waals surface area contributed by atoms with E-state index in [1.54, 1.807) is 0 Å². The van der Waals surface area contributed by atoms with Crippen LogP contribution in [0, 0.1) is 0 Å². The molecule has 0 saturated heterocycles. The van der Waals surface area contributed by atoms with E-state index in [9.17, 15) is 0 Å². The Morgan fingerprint density at radius 1 is 0.750 bits per heavy atom. The van der Waals surface area contributed by atoms with E-state index in [4.69, 9.17) is 0 Å².